The van der Waals surface area contributed by atoms with Gasteiger partial charge in [0, 0.05) is 41.3 Å². The Labute approximate surface area is 227 Å². The summed E-state index contributed by atoms with van der Waals surface area (Å²) in [5.74, 6) is 3.48. The molecular formula is C31H31N7O. The average molecular weight is 518 g/mol. The summed E-state index contributed by atoms with van der Waals surface area (Å²) in [6, 6.07) is 14.4. The lowest BCUT2D eigenvalue weighted by Gasteiger charge is -2.34. The van der Waals surface area contributed by atoms with Gasteiger partial charge in [-0.25, -0.2) is 19.9 Å². The van der Waals surface area contributed by atoms with Crippen LogP contribution in [0.25, 0.3) is 33.8 Å². The Morgan fingerprint density at radius 2 is 1.92 bits per heavy atom. The molecule has 0 saturated heterocycles. The zero-order valence-corrected chi connectivity index (χ0v) is 22.5. The molecule has 2 aliphatic rings. The number of ether oxygens (including phenoxy) is 1. The van der Waals surface area contributed by atoms with Gasteiger partial charge in [0.2, 0.25) is 0 Å². The van der Waals surface area contributed by atoms with E-state index in [1.54, 1.807) is 6.20 Å². The van der Waals surface area contributed by atoms with Crippen molar-refractivity contribution in [3.63, 3.8) is 0 Å². The number of fused-ring (bicyclic) bond motifs is 3. The van der Waals surface area contributed by atoms with E-state index in [9.17, 15) is 0 Å². The van der Waals surface area contributed by atoms with Crippen molar-refractivity contribution in [2.75, 3.05) is 18.1 Å². The molecule has 7 rings (SSSR count). The molecule has 1 N–H and O–H groups in total. The van der Waals surface area contributed by atoms with Gasteiger partial charge in [-0.05, 0) is 67.5 Å². The maximum Gasteiger partial charge on any atom is 0.180 e. The number of benzene rings is 1. The molecule has 1 aliphatic heterocycles. The van der Waals surface area contributed by atoms with Crippen LogP contribution in [0.3, 0.4) is 0 Å². The molecule has 0 saturated carbocycles. The number of hydrogen-bond acceptors (Lipinski definition) is 7. The highest BCUT2D eigenvalue weighted by molar-refractivity contribution is 5.78. The minimum absolute atomic E-state index is 0.210. The van der Waals surface area contributed by atoms with Gasteiger partial charge in [-0.1, -0.05) is 26.0 Å². The molecule has 0 fully saturated rings. The van der Waals surface area contributed by atoms with Crippen LogP contribution < -0.4 is 9.64 Å². The smallest absolute Gasteiger partial charge is 0.180 e. The molecule has 1 aromatic carbocycles. The molecule has 0 amide bonds. The molecule has 8 heteroatoms. The Bertz CT molecular complexity index is 1690. The lowest BCUT2D eigenvalue weighted by Crippen LogP contribution is -2.31. The highest BCUT2D eigenvalue weighted by Crippen LogP contribution is 2.40. The fourth-order valence-corrected chi connectivity index (χ4v) is 5.73. The highest BCUT2D eigenvalue weighted by atomic mass is 16.5. The number of pyridine rings is 2. The maximum atomic E-state index is 6.24. The molecule has 39 heavy (non-hydrogen) atoms. The first kappa shape index (κ1) is 23.8. The number of H-pyrrole nitrogens is 1. The molecule has 5 aromatic rings. The fraction of sp³-hybridized carbons (Fsp3) is 0.323. The number of hydrogen-bond donors (Lipinski definition) is 1. The molecule has 0 bridgehead atoms. The largest absolute Gasteiger partial charge is 0.491 e. The topological polar surface area (TPSA) is 92.7 Å². The Kier molecular flexibility index (Phi) is 5.58. The van der Waals surface area contributed by atoms with E-state index in [4.69, 9.17) is 14.7 Å². The van der Waals surface area contributed by atoms with E-state index >= 15 is 0 Å². The summed E-state index contributed by atoms with van der Waals surface area (Å²) in [5, 5.41) is 0. The van der Waals surface area contributed by atoms with E-state index in [2.05, 4.69) is 62.9 Å². The fourth-order valence-electron chi connectivity index (χ4n) is 5.73. The molecule has 196 valence electrons. The van der Waals surface area contributed by atoms with Gasteiger partial charge < -0.3 is 14.6 Å². The van der Waals surface area contributed by atoms with E-state index in [-0.39, 0.29) is 5.41 Å². The zero-order chi connectivity index (χ0) is 26.6. The van der Waals surface area contributed by atoms with Crippen LogP contribution in [0.2, 0.25) is 0 Å². The van der Waals surface area contributed by atoms with E-state index in [1.165, 1.54) is 5.56 Å². The second kappa shape index (κ2) is 9.15. The van der Waals surface area contributed by atoms with Gasteiger partial charge in [0.15, 0.2) is 11.5 Å². The molecule has 0 unspecified atom stereocenters. The van der Waals surface area contributed by atoms with Crippen molar-refractivity contribution < 1.29 is 4.74 Å². The summed E-state index contributed by atoms with van der Waals surface area (Å²) in [6.45, 7) is 8.66. The Hall–Kier alpha value is -4.33. The molecule has 5 heterocycles. The third-order valence-electron chi connectivity index (χ3n) is 7.79. The van der Waals surface area contributed by atoms with Crippen molar-refractivity contribution in [2.24, 2.45) is 5.41 Å². The van der Waals surface area contributed by atoms with E-state index in [1.807, 2.05) is 31.3 Å². The van der Waals surface area contributed by atoms with Crippen molar-refractivity contribution in [1.82, 2.24) is 29.9 Å². The van der Waals surface area contributed by atoms with Crippen LogP contribution in [0.1, 0.15) is 42.9 Å². The summed E-state index contributed by atoms with van der Waals surface area (Å²) in [5.41, 5.74) is 8.37. The summed E-state index contributed by atoms with van der Waals surface area (Å²) in [6.07, 6.45) is 6.71. The van der Waals surface area contributed by atoms with Crippen molar-refractivity contribution in [3.8, 4) is 28.4 Å². The van der Waals surface area contributed by atoms with Crippen molar-refractivity contribution in [2.45, 2.75) is 46.6 Å². The van der Waals surface area contributed by atoms with Gasteiger partial charge in [-0.2, -0.15) is 0 Å². The Morgan fingerprint density at radius 1 is 1.00 bits per heavy atom. The normalized spacial score (nSPS) is 16.3. The van der Waals surface area contributed by atoms with Gasteiger partial charge in [-0.3, -0.25) is 4.98 Å². The first-order chi connectivity index (χ1) is 18.9. The van der Waals surface area contributed by atoms with Gasteiger partial charge >= 0.3 is 0 Å². The molecule has 8 nitrogen and oxygen atoms in total. The predicted octanol–water partition coefficient (Wildman–Crippen LogP) is 5.70. The molecular weight excluding hydrogens is 486 g/mol. The number of anilines is 1. The number of aromatic amines is 1. The second-order valence-corrected chi connectivity index (χ2v) is 11.4. The van der Waals surface area contributed by atoms with Gasteiger partial charge in [0.1, 0.15) is 29.7 Å². The van der Waals surface area contributed by atoms with E-state index in [0.29, 0.717) is 19.0 Å². The Balaban J connectivity index is 1.29. The summed E-state index contributed by atoms with van der Waals surface area (Å²) in [4.78, 5) is 29.4. The average Bonchev–Trinajstić information content (AvgIpc) is 3.18. The van der Waals surface area contributed by atoms with E-state index < -0.39 is 0 Å². The number of aryl methyl sites for hydroxylation is 2. The van der Waals surface area contributed by atoms with Crippen LogP contribution in [-0.2, 0) is 19.4 Å². The van der Waals surface area contributed by atoms with Crippen molar-refractivity contribution in [1.29, 1.82) is 0 Å². The second-order valence-electron chi connectivity index (χ2n) is 11.4. The standard InChI is InChI=1S/C31H31N7O/c1-19-34-26-15-21(17-33-28(26)35-19)20-7-8-27-22(14-20)18-38(12-13-39-27)30-23-16-31(2,3)10-9-24(23)36-29(37-30)25-6-4-5-11-32-25/h4-8,11,14-15,17H,9-10,12-13,16,18H2,1-3H3,(H,33,34,35). The molecule has 0 spiro atoms. The van der Waals surface area contributed by atoms with Crippen LogP contribution in [0.5, 0.6) is 5.75 Å². The maximum absolute atomic E-state index is 6.24. The number of nitrogens with zero attached hydrogens (tertiary/aromatic N) is 6. The Morgan fingerprint density at radius 3 is 2.79 bits per heavy atom. The summed E-state index contributed by atoms with van der Waals surface area (Å²) >= 11 is 0. The lowest BCUT2D eigenvalue weighted by atomic mass is 9.76. The molecule has 1 aliphatic carbocycles. The van der Waals surface area contributed by atoms with Crippen molar-refractivity contribution in [3.05, 3.63) is 77.5 Å². The van der Waals surface area contributed by atoms with E-state index in [0.717, 1.165) is 82.4 Å². The van der Waals surface area contributed by atoms with Crippen LogP contribution in [-0.4, -0.2) is 43.1 Å². The summed E-state index contributed by atoms with van der Waals surface area (Å²) in [7, 11) is 0. The van der Waals surface area contributed by atoms with Crippen LogP contribution in [0.4, 0.5) is 5.82 Å². The third-order valence-corrected chi connectivity index (χ3v) is 7.79. The monoisotopic (exact) mass is 517 g/mol. The van der Waals surface area contributed by atoms with Gasteiger partial charge in [0.25, 0.3) is 0 Å². The number of imidazole rings is 1. The number of nitrogens with one attached hydrogen (secondary N) is 1. The third kappa shape index (κ3) is 4.50. The highest BCUT2D eigenvalue weighted by Gasteiger charge is 2.32. The quantitative estimate of drug-likeness (QED) is 0.328. The first-order valence-electron chi connectivity index (χ1n) is 13.6. The minimum atomic E-state index is 0.210. The van der Waals surface area contributed by atoms with Crippen LogP contribution in [0, 0.1) is 12.3 Å². The van der Waals surface area contributed by atoms with Gasteiger partial charge in [0.05, 0.1) is 12.1 Å². The van der Waals surface area contributed by atoms with Crippen LogP contribution >= 0.6 is 0 Å². The lowest BCUT2D eigenvalue weighted by molar-refractivity contribution is 0.311. The predicted molar refractivity (Wildman–Crippen MR) is 152 cm³/mol. The zero-order valence-electron chi connectivity index (χ0n) is 22.5. The summed E-state index contributed by atoms with van der Waals surface area (Å²) < 4.78 is 6.24. The molecule has 0 atom stereocenters. The first-order valence-corrected chi connectivity index (χ1v) is 13.6. The van der Waals surface area contributed by atoms with Gasteiger partial charge in [-0.15, -0.1) is 0 Å². The SMILES string of the molecule is Cc1nc2ncc(-c3ccc4c(c3)CN(c3nc(-c5ccccn5)nc5c3CC(C)(C)CC5)CCO4)cc2[nH]1. The number of aromatic nitrogens is 6. The molecule has 4 aromatic heterocycles. The van der Waals surface area contributed by atoms with Crippen molar-refractivity contribution >= 4 is 17.0 Å². The molecule has 0 radical (unpaired) electrons. The minimum Gasteiger partial charge on any atom is -0.491 e. The van der Waals surface area contributed by atoms with Crippen LogP contribution in [0.15, 0.2) is 54.9 Å². The number of rotatable bonds is 3.